The number of aromatic amines is 1. The summed E-state index contributed by atoms with van der Waals surface area (Å²) < 4.78 is 0. The van der Waals surface area contributed by atoms with Crippen molar-refractivity contribution >= 4 is 10.9 Å². The van der Waals surface area contributed by atoms with E-state index in [9.17, 15) is 5.11 Å². The molecule has 1 heterocycles. The zero-order valence-electron chi connectivity index (χ0n) is 9.35. The number of phenols is 1. The smallest absolute Gasteiger partial charge is 0.124 e. The number of benzene rings is 2. The summed E-state index contributed by atoms with van der Waals surface area (Å²) in [6.45, 7) is 0. The maximum atomic E-state index is 9.73. The van der Waals surface area contributed by atoms with Crippen molar-refractivity contribution in [2.75, 3.05) is 0 Å². The first-order chi connectivity index (χ1) is 8.33. The third-order valence-electron chi connectivity index (χ3n) is 2.93. The summed E-state index contributed by atoms with van der Waals surface area (Å²) in [5.41, 5.74) is 3.36. The highest BCUT2D eigenvalue weighted by Crippen LogP contribution is 2.25. The highest BCUT2D eigenvalue weighted by atomic mass is 16.3. The van der Waals surface area contributed by atoms with Gasteiger partial charge in [0.05, 0.1) is 0 Å². The van der Waals surface area contributed by atoms with Crippen molar-refractivity contribution in [2.45, 2.75) is 6.42 Å². The van der Waals surface area contributed by atoms with E-state index in [1.54, 1.807) is 6.07 Å². The molecule has 0 saturated carbocycles. The Hall–Kier alpha value is -2.22. The Balaban J connectivity index is 1.99. The van der Waals surface area contributed by atoms with Crippen LogP contribution in [0, 0.1) is 0 Å². The Kier molecular flexibility index (Phi) is 2.33. The van der Waals surface area contributed by atoms with E-state index in [1.165, 1.54) is 5.56 Å². The number of phenolic OH excluding ortho intramolecular Hbond substituents is 1. The average molecular weight is 223 g/mol. The standard InChI is InChI=1S/C15H13NO/c17-15-8-4-7-14-13(15)10-12(16-14)9-11-5-2-1-3-6-11/h1-8,10,16-17H,9H2. The van der Waals surface area contributed by atoms with Crippen molar-refractivity contribution in [3.05, 3.63) is 65.9 Å². The first-order valence-corrected chi connectivity index (χ1v) is 5.66. The van der Waals surface area contributed by atoms with Crippen LogP contribution in [0.5, 0.6) is 5.75 Å². The van der Waals surface area contributed by atoms with Gasteiger partial charge in [0.15, 0.2) is 0 Å². The summed E-state index contributed by atoms with van der Waals surface area (Å²) in [4.78, 5) is 3.32. The van der Waals surface area contributed by atoms with Gasteiger partial charge in [-0.15, -0.1) is 0 Å². The zero-order valence-corrected chi connectivity index (χ0v) is 9.35. The Morgan fingerprint density at radius 2 is 1.76 bits per heavy atom. The molecule has 2 N–H and O–H groups in total. The van der Waals surface area contributed by atoms with E-state index >= 15 is 0 Å². The molecule has 17 heavy (non-hydrogen) atoms. The van der Waals surface area contributed by atoms with Crippen molar-refractivity contribution in [1.29, 1.82) is 0 Å². The second kappa shape index (κ2) is 3.98. The van der Waals surface area contributed by atoms with Gasteiger partial charge in [-0.05, 0) is 23.8 Å². The maximum Gasteiger partial charge on any atom is 0.124 e. The van der Waals surface area contributed by atoms with E-state index in [2.05, 4.69) is 17.1 Å². The van der Waals surface area contributed by atoms with Crippen molar-refractivity contribution < 1.29 is 5.11 Å². The molecule has 2 heteroatoms. The van der Waals surface area contributed by atoms with E-state index in [4.69, 9.17) is 0 Å². The average Bonchev–Trinajstić information content (AvgIpc) is 2.74. The second-order valence-corrected chi connectivity index (χ2v) is 4.20. The number of aromatic nitrogens is 1. The normalized spacial score (nSPS) is 10.8. The molecular formula is C15H13NO. The fourth-order valence-corrected chi connectivity index (χ4v) is 2.11. The van der Waals surface area contributed by atoms with E-state index in [0.29, 0.717) is 5.75 Å². The zero-order chi connectivity index (χ0) is 11.7. The Labute approximate surface area is 99.5 Å². The van der Waals surface area contributed by atoms with Gasteiger partial charge in [0, 0.05) is 23.0 Å². The van der Waals surface area contributed by atoms with Gasteiger partial charge in [-0.2, -0.15) is 0 Å². The maximum absolute atomic E-state index is 9.73. The summed E-state index contributed by atoms with van der Waals surface area (Å²) in [6.07, 6.45) is 0.856. The molecule has 84 valence electrons. The second-order valence-electron chi connectivity index (χ2n) is 4.20. The molecule has 0 atom stereocenters. The Bertz CT molecular complexity index is 640. The predicted molar refractivity (Wildman–Crippen MR) is 69.2 cm³/mol. The molecule has 1 aromatic heterocycles. The third kappa shape index (κ3) is 1.89. The van der Waals surface area contributed by atoms with Crippen LogP contribution in [-0.4, -0.2) is 10.1 Å². The summed E-state index contributed by atoms with van der Waals surface area (Å²) in [5, 5.41) is 10.6. The molecule has 3 rings (SSSR count). The van der Waals surface area contributed by atoms with Gasteiger partial charge in [0.2, 0.25) is 0 Å². The van der Waals surface area contributed by atoms with Crippen LogP contribution in [0.2, 0.25) is 0 Å². The molecule has 3 aromatic rings. The predicted octanol–water partition coefficient (Wildman–Crippen LogP) is 3.46. The largest absolute Gasteiger partial charge is 0.507 e. The number of aromatic hydroxyl groups is 1. The van der Waals surface area contributed by atoms with Gasteiger partial charge in [-0.1, -0.05) is 36.4 Å². The van der Waals surface area contributed by atoms with Crippen molar-refractivity contribution in [3.63, 3.8) is 0 Å². The molecule has 2 aromatic carbocycles. The van der Waals surface area contributed by atoms with E-state index in [-0.39, 0.29) is 0 Å². The van der Waals surface area contributed by atoms with Crippen LogP contribution in [0.4, 0.5) is 0 Å². The number of rotatable bonds is 2. The lowest BCUT2D eigenvalue weighted by Gasteiger charge is -1.97. The number of fused-ring (bicyclic) bond motifs is 1. The molecule has 0 saturated heterocycles. The molecule has 0 fully saturated rings. The minimum atomic E-state index is 0.332. The van der Waals surface area contributed by atoms with Crippen LogP contribution in [0.1, 0.15) is 11.3 Å². The SMILES string of the molecule is Oc1cccc2[nH]c(Cc3ccccc3)cc12. The minimum Gasteiger partial charge on any atom is -0.507 e. The number of hydrogen-bond donors (Lipinski definition) is 2. The summed E-state index contributed by atoms with van der Waals surface area (Å²) in [7, 11) is 0. The Morgan fingerprint density at radius 3 is 2.53 bits per heavy atom. The molecule has 2 nitrogen and oxygen atoms in total. The highest BCUT2D eigenvalue weighted by molar-refractivity contribution is 5.86. The molecular weight excluding hydrogens is 210 g/mol. The number of nitrogens with one attached hydrogen (secondary N) is 1. The molecule has 0 aliphatic rings. The fourth-order valence-electron chi connectivity index (χ4n) is 2.11. The van der Waals surface area contributed by atoms with Crippen molar-refractivity contribution in [1.82, 2.24) is 4.98 Å². The minimum absolute atomic E-state index is 0.332. The number of hydrogen-bond acceptors (Lipinski definition) is 1. The van der Waals surface area contributed by atoms with Gasteiger partial charge in [-0.25, -0.2) is 0 Å². The van der Waals surface area contributed by atoms with Gasteiger partial charge < -0.3 is 10.1 Å². The van der Waals surface area contributed by atoms with Crippen LogP contribution in [0.3, 0.4) is 0 Å². The molecule has 0 radical (unpaired) electrons. The van der Waals surface area contributed by atoms with Gasteiger partial charge >= 0.3 is 0 Å². The van der Waals surface area contributed by atoms with Gasteiger partial charge in [0.1, 0.15) is 5.75 Å². The van der Waals surface area contributed by atoms with Gasteiger partial charge in [-0.3, -0.25) is 0 Å². The lowest BCUT2D eigenvalue weighted by molar-refractivity contribution is 0.481. The third-order valence-corrected chi connectivity index (χ3v) is 2.93. The van der Waals surface area contributed by atoms with Crippen LogP contribution >= 0.6 is 0 Å². The first kappa shape index (κ1) is 9.97. The van der Waals surface area contributed by atoms with Crippen LogP contribution < -0.4 is 0 Å². The Morgan fingerprint density at radius 1 is 0.941 bits per heavy atom. The monoisotopic (exact) mass is 223 g/mol. The highest BCUT2D eigenvalue weighted by Gasteiger charge is 2.04. The fraction of sp³-hybridized carbons (Fsp3) is 0.0667. The lowest BCUT2D eigenvalue weighted by Crippen LogP contribution is -1.86. The lowest BCUT2D eigenvalue weighted by atomic mass is 10.1. The molecule has 0 amide bonds. The van der Waals surface area contributed by atoms with Crippen LogP contribution in [-0.2, 0) is 6.42 Å². The summed E-state index contributed by atoms with van der Waals surface area (Å²) >= 11 is 0. The van der Waals surface area contributed by atoms with E-state index < -0.39 is 0 Å². The quantitative estimate of drug-likeness (QED) is 0.685. The molecule has 0 spiro atoms. The van der Waals surface area contributed by atoms with E-state index in [0.717, 1.165) is 23.0 Å². The van der Waals surface area contributed by atoms with Crippen LogP contribution in [0.15, 0.2) is 54.6 Å². The van der Waals surface area contributed by atoms with Gasteiger partial charge in [0.25, 0.3) is 0 Å². The summed E-state index contributed by atoms with van der Waals surface area (Å²) in [6, 6.07) is 17.8. The molecule has 0 aliphatic heterocycles. The molecule has 0 aliphatic carbocycles. The summed E-state index contributed by atoms with van der Waals surface area (Å²) in [5.74, 6) is 0.332. The van der Waals surface area contributed by atoms with Crippen molar-refractivity contribution in [3.8, 4) is 5.75 Å². The molecule has 0 unspecified atom stereocenters. The van der Waals surface area contributed by atoms with Crippen LogP contribution in [0.25, 0.3) is 10.9 Å². The molecule has 0 bridgehead atoms. The van der Waals surface area contributed by atoms with E-state index in [1.807, 2.05) is 36.4 Å². The van der Waals surface area contributed by atoms with Crippen molar-refractivity contribution in [2.24, 2.45) is 0 Å². The first-order valence-electron chi connectivity index (χ1n) is 5.66. The topological polar surface area (TPSA) is 36.0 Å². The number of H-pyrrole nitrogens is 1.